The molecule has 0 atom stereocenters. The number of amides is 3. The summed E-state index contributed by atoms with van der Waals surface area (Å²) in [6, 6.07) is 23.0. The summed E-state index contributed by atoms with van der Waals surface area (Å²) in [6.45, 7) is 11.0. The number of fused-ring (bicyclic) bond motifs is 3. The Bertz CT molecular complexity index is 4540. The molecule has 0 radical (unpaired) electrons. The van der Waals surface area contributed by atoms with Crippen molar-refractivity contribution in [3.05, 3.63) is 213 Å². The predicted octanol–water partition coefficient (Wildman–Crippen LogP) is 12.9. The Morgan fingerprint density at radius 3 is 1.78 bits per heavy atom. The summed E-state index contributed by atoms with van der Waals surface area (Å²) in [5.41, 5.74) is 2.59. The van der Waals surface area contributed by atoms with Gasteiger partial charge in [-0.05, 0) is 128 Å². The van der Waals surface area contributed by atoms with Crippen molar-refractivity contribution in [1.29, 1.82) is 0 Å². The van der Waals surface area contributed by atoms with Crippen molar-refractivity contribution in [2.75, 3.05) is 10.6 Å². The minimum Gasteiger partial charge on any atom is -0.421 e. The smallest absolute Gasteiger partial charge is 0.417 e. The number of aryl methyl sites for hydroxylation is 4. The molecule has 25 heteroatoms. The van der Waals surface area contributed by atoms with Crippen LogP contribution in [0.3, 0.4) is 0 Å². The van der Waals surface area contributed by atoms with Crippen molar-refractivity contribution < 1.29 is 54.0 Å². The number of hydrogen-bond donors (Lipinski definition) is 3. The molecule has 0 unspecified atom stereocenters. The largest absolute Gasteiger partial charge is 0.421 e. The van der Waals surface area contributed by atoms with Gasteiger partial charge in [-0.25, -0.2) is 15.0 Å². The normalized spacial score (nSPS) is 12.4. The first kappa shape index (κ1) is 57.5. The van der Waals surface area contributed by atoms with E-state index in [-0.39, 0.29) is 63.8 Å². The zero-order valence-corrected chi connectivity index (χ0v) is 46.6. The van der Waals surface area contributed by atoms with Crippen LogP contribution in [0.15, 0.2) is 159 Å². The summed E-state index contributed by atoms with van der Waals surface area (Å²) in [4.78, 5) is 54.4. The first-order valence-electron chi connectivity index (χ1n) is 26.3. The number of nitrogens with one attached hydrogen (secondary N) is 3. The van der Waals surface area contributed by atoms with Crippen molar-refractivity contribution in [2.24, 2.45) is 0 Å². The fraction of sp³-hybridized carbons (Fsp3) is 0.164. The van der Waals surface area contributed by atoms with Crippen LogP contribution in [0.1, 0.15) is 62.3 Å². The third kappa shape index (κ3) is 12.5. The van der Waals surface area contributed by atoms with Gasteiger partial charge in [0.15, 0.2) is 0 Å². The molecule has 436 valence electrons. The molecule has 0 saturated carbocycles. The van der Waals surface area contributed by atoms with E-state index in [0.29, 0.717) is 74.0 Å². The predicted molar refractivity (Wildman–Crippen MR) is 305 cm³/mol. The van der Waals surface area contributed by atoms with E-state index in [1.807, 2.05) is 0 Å². The average molecular weight is 1190 g/mol. The lowest BCUT2D eigenvalue weighted by molar-refractivity contribution is -0.138. The Morgan fingerprint density at radius 2 is 1.16 bits per heavy atom. The van der Waals surface area contributed by atoms with Gasteiger partial charge in [0.25, 0.3) is 0 Å². The van der Waals surface area contributed by atoms with Crippen LogP contribution in [0.2, 0.25) is 5.02 Å². The van der Waals surface area contributed by atoms with E-state index >= 15 is 0 Å². The number of benzene rings is 5. The van der Waals surface area contributed by atoms with E-state index in [0.717, 1.165) is 24.3 Å². The standard InChI is InChI=1S/C61H47ClF6N12O6/c1-6-45(46-28-40(59-77-80-35(5)71-31-57(80)86-59)13-17-50(46)74-52(82)24-36-10-16-48(62)47(23-36)61(66,67)68)49(8-7-9-54-75-78-33(3)69-29-55(78)84-54)73-53(83)26-38-21-42(27-43(22-38)60(63,64)65)41-19-32(2)18-37(20-41)25-51(81)72-44-14-11-39(12-15-44)58-76-79-34(4)70-30-56(79)85-58/h6-8,10-23,27-31H,1,9,24-26H2,2-5H3,(H,72,81)(H,73,83)(H,74,82). The van der Waals surface area contributed by atoms with E-state index in [2.05, 4.69) is 52.8 Å². The SMILES string of the molecule is C=CC(=C(C=CCc1nn2c(C)ncc2o1)NC(=O)Cc1cc(-c2cc(C)cc(CC(=O)Nc3ccc(-c4nn5c(C)ncc5o4)cc3)c2)cc(C(F)(F)F)c1)c1cc(-c2nn3c(C)ncc3o2)ccc1NC(=O)Cc1ccc(Cl)c(C(F)(F)F)c1. The molecule has 86 heavy (non-hydrogen) atoms. The van der Waals surface area contributed by atoms with Crippen molar-refractivity contribution in [2.45, 2.75) is 65.7 Å². The number of hydrogen-bond acceptors (Lipinski definition) is 12. The van der Waals surface area contributed by atoms with E-state index in [1.165, 1.54) is 51.8 Å². The van der Waals surface area contributed by atoms with Crippen LogP contribution in [-0.2, 0) is 52.4 Å². The molecule has 0 aliphatic rings. The molecule has 0 aliphatic heterocycles. The highest BCUT2D eigenvalue weighted by Gasteiger charge is 2.34. The fourth-order valence-electron chi connectivity index (χ4n) is 9.67. The van der Waals surface area contributed by atoms with Gasteiger partial charge >= 0.3 is 12.4 Å². The van der Waals surface area contributed by atoms with E-state index in [9.17, 15) is 40.7 Å². The highest BCUT2D eigenvalue weighted by atomic mass is 35.5. The van der Waals surface area contributed by atoms with Gasteiger partial charge in [0.1, 0.15) is 17.5 Å². The summed E-state index contributed by atoms with van der Waals surface area (Å²) in [7, 11) is 0. The van der Waals surface area contributed by atoms with Crippen LogP contribution >= 0.6 is 11.6 Å². The third-order valence-electron chi connectivity index (χ3n) is 13.7. The van der Waals surface area contributed by atoms with Gasteiger partial charge in [-0.2, -0.15) is 39.9 Å². The van der Waals surface area contributed by atoms with E-state index in [1.54, 1.807) is 99.1 Å². The van der Waals surface area contributed by atoms with Gasteiger partial charge in [0.2, 0.25) is 52.5 Å². The molecule has 18 nitrogen and oxygen atoms in total. The van der Waals surface area contributed by atoms with Gasteiger partial charge in [-0.15, -0.1) is 15.3 Å². The highest BCUT2D eigenvalue weighted by Crippen LogP contribution is 2.38. The van der Waals surface area contributed by atoms with Gasteiger partial charge in [0, 0.05) is 45.8 Å². The van der Waals surface area contributed by atoms with E-state index in [4.69, 9.17) is 24.9 Å². The lowest BCUT2D eigenvalue weighted by atomic mass is 9.94. The third-order valence-corrected chi connectivity index (χ3v) is 14.0. The molecule has 0 bridgehead atoms. The van der Waals surface area contributed by atoms with Gasteiger partial charge in [-0.3, -0.25) is 14.4 Å². The summed E-state index contributed by atoms with van der Waals surface area (Å²) >= 11 is 5.87. The minimum atomic E-state index is -4.85. The number of carbonyl (C=O) groups is 3. The number of alkyl halides is 6. The Hall–Kier alpha value is -10.4. The van der Waals surface area contributed by atoms with Crippen molar-refractivity contribution in [1.82, 2.24) is 49.1 Å². The lowest BCUT2D eigenvalue weighted by Gasteiger charge is -2.18. The van der Waals surface area contributed by atoms with Crippen molar-refractivity contribution in [3.63, 3.8) is 0 Å². The molecule has 3 N–H and O–H groups in total. The summed E-state index contributed by atoms with van der Waals surface area (Å²) in [5, 5.41) is 21.4. The van der Waals surface area contributed by atoms with Gasteiger partial charge in [-0.1, -0.05) is 66.2 Å². The lowest BCUT2D eigenvalue weighted by Crippen LogP contribution is -2.25. The Morgan fingerprint density at radius 1 is 0.593 bits per heavy atom. The second-order valence-electron chi connectivity index (χ2n) is 20.1. The minimum absolute atomic E-state index is 0.00131. The average Bonchev–Trinajstić information content (AvgIpc) is 3.21. The number of halogens is 7. The molecule has 0 aliphatic carbocycles. The molecular weight excluding hydrogens is 1150 g/mol. The number of aromatic nitrogens is 9. The first-order chi connectivity index (χ1) is 41.0. The number of nitrogens with zero attached hydrogens (tertiary/aromatic N) is 9. The van der Waals surface area contributed by atoms with E-state index < -0.39 is 59.1 Å². The topological polar surface area (TPSA) is 217 Å². The molecule has 6 heterocycles. The number of rotatable bonds is 17. The molecule has 0 saturated heterocycles. The second-order valence-corrected chi connectivity index (χ2v) is 20.5. The monoisotopic (exact) mass is 1190 g/mol. The highest BCUT2D eigenvalue weighted by molar-refractivity contribution is 6.31. The number of allylic oxidation sites excluding steroid dienone is 4. The second kappa shape index (κ2) is 23.0. The van der Waals surface area contributed by atoms with Gasteiger partial charge in [0.05, 0.1) is 54.0 Å². The number of imidazole rings is 3. The van der Waals surface area contributed by atoms with Crippen LogP contribution in [0, 0.1) is 27.7 Å². The summed E-state index contributed by atoms with van der Waals surface area (Å²) in [5.74, 6) is 0.540. The first-order valence-corrected chi connectivity index (χ1v) is 26.7. The zero-order chi connectivity index (χ0) is 60.8. The molecule has 5 aromatic carbocycles. The van der Waals surface area contributed by atoms with Gasteiger partial charge < -0.3 is 29.2 Å². The molecule has 0 fully saturated rings. The molecule has 0 spiro atoms. The van der Waals surface area contributed by atoms with Crippen LogP contribution in [0.25, 0.3) is 56.7 Å². The quantitative estimate of drug-likeness (QED) is 0.0573. The maximum absolute atomic E-state index is 14.8. The summed E-state index contributed by atoms with van der Waals surface area (Å²) < 4.78 is 108. The molecule has 6 aromatic heterocycles. The molecule has 11 rings (SSSR count). The summed E-state index contributed by atoms with van der Waals surface area (Å²) in [6.07, 6.45) is -1.84. The fourth-order valence-corrected chi connectivity index (χ4v) is 9.89. The maximum Gasteiger partial charge on any atom is 0.417 e. The maximum atomic E-state index is 14.8. The van der Waals surface area contributed by atoms with Crippen molar-refractivity contribution >= 4 is 63.4 Å². The Kier molecular flexibility index (Phi) is 15.4. The van der Waals surface area contributed by atoms with Crippen LogP contribution in [-0.4, -0.2) is 61.5 Å². The Balaban J connectivity index is 0.906. The van der Waals surface area contributed by atoms with Crippen LogP contribution < -0.4 is 16.0 Å². The number of carbonyl (C=O) groups excluding carboxylic acids is 3. The van der Waals surface area contributed by atoms with Crippen LogP contribution in [0.4, 0.5) is 37.7 Å². The molecular formula is C61H47ClF6N12O6. The van der Waals surface area contributed by atoms with Crippen LogP contribution in [0.5, 0.6) is 0 Å². The zero-order valence-electron chi connectivity index (χ0n) is 45.9. The van der Waals surface area contributed by atoms with Crippen molar-refractivity contribution in [3.8, 4) is 34.0 Å². The number of anilines is 2. The molecule has 3 amide bonds. The molecule has 11 aromatic rings. The Labute approximate surface area is 488 Å².